The van der Waals surface area contributed by atoms with Crippen LogP contribution in [0.15, 0.2) is 11.6 Å². The molecule has 2 aliphatic heterocycles. The Morgan fingerprint density at radius 2 is 2.00 bits per heavy atom. The Hall–Kier alpha value is -1.97. The van der Waals surface area contributed by atoms with Crippen molar-refractivity contribution in [3.63, 3.8) is 0 Å². The van der Waals surface area contributed by atoms with Crippen molar-refractivity contribution in [2.45, 2.75) is 63.2 Å². The molecule has 0 saturated carbocycles. The first kappa shape index (κ1) is 25.3. The molecule has 0 aromatic rings. The third kappa shape index (κ3) is 5.45. The van der Waals surface area contributed by atoms with E-state index in [-0.39, 0.29) is 25.0 Å². The van der Waals surface area contributed by atoms with Crippen LogP contribution in [0.25, 0.3) is 0 Å². The standard InChI is InChI=1S/C21H30ClNO8/c1-12-10-21(28,13(2)22)19(27)30-16-7-9-23(5)8-6-15(17(16)25)11-29-18(26)20(12,4)31-14(3)24/h6,12-13,16,28H,7-11H2,1-5H3/b15-6-/t12-,13+,16-,20-,21+/m1/s1. The van der Waals surface area contributed by atoms with Gasteiger partial charge in [-0.3, -0.25) is 9.59 Å². The molecule has 10 heteroatoms. The molecule has 2 bridgehead atoms. The molecule has 1 N–H and O–H groups in total. The van der Waals surface area contributed by atoms with E-state index in [9.17, 15) is 24.3 Å². The normalized spacial score (nSPS) is 36.4. The van der Waals surface area contributed by atoms with Crippen LogP contribution in [0.1, 0.15) is 40.5 Å². The molecule has 174 valence electrons. The van der Waals surface area contributed by atoms with E-state index in [1.54, 1.807) is 6.08 Å². The summed E-state index contributed by atoms with van der Waals surface area (Å²) in [6.07, 6.45) is 0.292. The Balaban J connectivity index is 2.56. The van der Waals surface area contributed by atoms with Gasteiger partial charge in [0, 0.05) is 37.9 Å². The second-order valence-electron chi connectivity index (χ2n) is 8.46. The summed E-state index contributed by atoms with van der Waals surface area (Å²) in [6, 6.07) is 0. The Bertz CT molecular complexity index is 781. The van der Waals surface area contributed by atoms with Gasteiger partial charge in [-0.25, -0.2) is 9.59 Å². The number of nitrogens with zero attached hydrogens (tertiary/aromatic N) is 1. The van der Waals surface area contributed by atoms with Crippen LogP contribution in [0.2, 0.25) is 0 Å². The molecule has 9 nitrogen and oxygen atoms in total. The molecule has 0 unspecified atom stereocenters. The zero-order valence-corrected chi connectivity index (χ0v) is 19.2. The fourth-order valence-electron chi connectivity index (χ4n) is 3.61. The zero-order valence-electron chi connectivity index (χ0n) is 18.5. The lowest BCUT2D eigenvalue weighted by molar-refractivity contribution is -0.192. The molecule has 0 radical (unpaired) electrons. The minimum Gasteiger partial charge on any atom is -0.458 e. The van der Waals surface area contributed by atoms with Gasteiger partial charge in [0.15, 0.2) is 11.7 Å². The van der Waals surface area contributed by atoms with Crippen molar-refractivity contribution in [1.29, 1.82) is 0 Å². The van der Waals surface area contributed by atoms with E-state index in [4.69, 9.17) is 25.8 Å². The fourth-order valence-corrected chi connectivity index (χ4v) is 3.78. The summed E-state index contributed by atoms with van der Waals surface area (Å²) in [6.45, 7) is 5.95. The Morgan fingerprint density at radius 3 is 2.58 bits per heavy atom. The number of alkyl halides is 1. The van der Waals surface area contributed by atoms with Gasteiger partial charge >= 0.3 is 17.9 Å². The lowest BCUT2D eigenvalue weighted by Crippen LogP contribution is -2.56. The number of hydrogen-bond acceptors (Lipinski definition) is 9. The number of esters is 3. The molecule has 31 heavy (non-hydrogen) atoms. The highest BCUT2D eigenvalue weighted by atomic mass is 35.5. The second kappa shape index (κ2) is 9.67. The number of rotatable bonds is 2. The lowest BCUT2D eigenvalue weighted by Gasteiger charge is -2.39. The van der Waals surface area contributed by atoms with Crippen LogP contribution in [-0.2, 0) is 33.4 Å². The third-order valence-corrected chi connectivity index (χ3v) is 6.33. The highest BCUT2D eigenvalue weighted by Gasteiger charge is 2.52. The number of carbonyl (C=O) groups is 4. The minimum absolute atomic E-state index is 0.151. The average Bonchev–Trinajstić information content (AvgIpc) is 2.67. The molecule has 0 aliphatic carbocycles. The van der Waals surface area contributed by atoms with Gasteiger partial charge in [-0.15, -0.1) is 11.6 Å². The first-order valence-electron chi connectivity index (χ1n) is 10.2. The predicted molar refractivity (Wildman–Crippen MR) is 110 cm³/mol. The van der Waals surface area contributed by atoms with Gasteiger partial charge in [-0.2, -0.15) is 0 Å². The average molecular weight is 460 g/mol. The van der Waals surface area contributed by atoms with Crippen molar-refractivity contribution in [3.05, 3.63) is 11.6 Å². The van der Waals surface area contributed by atoms with E-state index in [1.807, 2.05) is 11.9 Å². The van der Waals surface area contributed by atoms with Gasteiger partial charge in [-0.05, 0) is 27.3 Å². The summed E-state index contributed by atoms with van der Waals surface area (Å²) in [5.41, 5.74) is -3.91. The Kier molecular flexibility index (Phi) is 7.89. The van der Waals surface area contributed by atoms with Gasteiger partial charge < -0.3 is 24.2 Å². The summed E-state index contributed by atoms with van der Waals surface area (Å²) in [4.78, 5) is 52.6. The van der Waals surface area contributed by atoms with Gasteiger partial charge in [-0.1, -0.05) is 13.0 Å². The lowest BCUT2D eigenvalue weighted by atomic mass is 9.79. The van der Waals surface area contributed by atoms with Crippen LogP contribution in [-0.4, -0.2) is 83.1 Å². The topological polar surface area (TPSA) is 119 Å². The second-order valence-corrected chi connectivity index (χ2v) is 9.12. The molecule has 0 spiro atoms. The van der Waals surface area contributed by atoms with Gasteiger partial charge in [0.05, 0.1) is 5.38 Å². The van der Waals surface area contributed by atoms with Crippen molar-refractivity contribution < 1.29 is 38.5 Å². The van der Waals surface area contributed by atoms with Crippen LogP contribution < -0.4 is 0 Å². The van der Waals surface area contributed by atoms with E-state index in [2.05, 4.69) is 0 Å². The minimum atomic E-state index is -2.24. The summed E-state index contributed by atoms with van der Waals surface area (Å²) in [7, 11) is 1.83. The number of hydrogen-bond donors (Lipinski definition) is 1. The van der Waals surface area contributed by atoms with Crippen molar-refractivity contribution >= 4 is 35.3 Å². The summed E-state index contributed by atoms with van der Waals surface area (Å²) >= 11 is 6.16. The first-order valence-corrected chi connectivity index (χ1v) is 10.6. The monoisotopic (exact) mass is 459 g/mol. The molecule has 0 aromatic carbocycles. The molecule has 2 heterocycles. The van der Waals surface area contributed by atoms with E-state index in [0.717, 1.165) is 6.92 Å². The van der Waals surface area contributed by atoms with Crippen molar-refractivity contribution in [1.82, 2.24) is 4.90 Å². The maximum atomic E-state index is 13.0. The van der Waals surface area contributed by atoms with E-state index >= 15 is 0 Å². The quantitative estimate of drug-likeness (QED) is 0.366. The van der Waals surface area contributed by atoms with Gasteiger partial charge in [0.1, 0.15) is 6.61 Å². The molecule has 2 aliphatic rings. The molecule has 1 saturated heterocycles. The molecule has 1 fully saturated rings. The molecule has 2 rings (SSSR count). The first-order chi connectivity index (χ1) is 14.3. The number of cyclic esters (lactones) is 1. The number of halogens is 1. The number of aliphatic hydroxyl groups is 1. The summed E-state index contributed by atoms with van der Waals surface area (Å²) < 4.78 is 16.1. The molecular weight excluding hydrogens is 430 g/mol. The number of fused-ring (bicyclic) bond motifs is 2. The fraction of sp³-hybridized carbons (Fsp3) is 0.714. The Morgan fingerprint density at radius 1 is 1.35 bits per heavy atom. The summed E-state index contributed by atoms with van der Waals surface area (Å²) in [5, 5.41) is 10.0. The molecular formula is C21H30ClNO8. The number of likely N-dealkylation sites (N-methyl/N-ethyl adjacent to an activating group) is 1. The van der Waals surface area contributed by atoms with E-state index < -0.39 is 52.3 Å². The number of Topliss-reactive ketones (excluding diaryl/α,β-unsaturated/α-hetero) is 1. The van der Waals surface area contributed by atoms with Crippen LogP contribution in [0.3, 0.4) is 0 Å². The predicted octanol–water partition coefficient (Wildman–Crippen LogP) is 0.992. The SMILES string of the molecule is CC(=O)O[C@@]1(C)C(=O)OC/C2=C/CN(C)CC[C@@H](OC(=O)[C@@](O)([C@H](C)Cl)C[C@H]1C)C2=O. The molecule has 0 amide bonds. The summed E-state index contributed by atoms with van der Waals surface area (Å²) in [5.74, 6) is -4.09. The largest absolute Gasteiger partial charge is 0.458 e. The number of carbonyl (C=O) groups excluding carboxylic acids is 4. The molecule has 5 atom stereocenters. The van der Waals surface area contributed by atoms with Gasteiger partial charge in [0.25, 0.3) is 0 Å². The number of ether oxygens (including phenoxy) is 3. The van der Waals surface area contributed by atoms with Gasteiger partial charge in [0.2, 0.25) is 11.4 Å². The highest BCUT2D eigenvalue weighted by molar-refractivity contribution is 6.23. The van der Waals surface area contributed by atoms with Crippen molar-refractivity contribution in [2.24, 2.45) is 5.92 Å². The van der Waals surface area contributed by atoms with E-state index in [1.165, 1.54) is 20.8 Å². The Labute approximate surface area is 186 Å². The number of ketones is 1. The molecule has 0 aromatic heterocycles. The van der Waals surface area contributed by atoms with E-state index in [0.29, 0.717) is 13.1 Å². The maximum absolute atomic E-state index is 13.0. The smallest absolute Gasteiger partial charge is 0.350 e. The van der Waals surface area contributed by atoms with Crippen molar-refractivity contribution in [3.8, 4) is 0 Å². The van der Waals surface area contributed by atoms with Crippen molar-refractivity contribution in [2.75, 3.05) is 26.7 Å². The zero-order chi connectivity index (χ0) is 23.6. The highest BCUT2D eigenvalue weighted by Crippen LogP contribution is 2.35. The van der Waals surface area contributed by atoms with Crippen LogP contribution >= 0.6 is 11.6 Å². The maximum Gasteiger partial charge on any atom is 0.350 e. The van der Waals surface area contributed by atoms with Crippen LogP contribution in [0.5, 0.6) is 0 Å². The third-order valence-electron chi connectivity index (χ3n) is 5.97. The van der Waals surface area contributed by atoms with Crippen LogP contribution in [0.4, 0.5) is 0 Å². The van der Waals surface area contributed by atoms with Crippen LogP contribution in [0, 0.1) is 5.92 Å².